The molecule has 0 N–H and O–H groups in total. The topological polar surface area (TPSA) is 82.6 Å². The maximum absolute atomic E-state index is 13.8. The van der Waals surface area contributed by atoms with Crippen molar-refractivity contribution in [3.63, 3.8) is 0 Å². The average Bonchev–Trinajstić information content (AvgIpc) is 3.25. The fourth-order valence-electron chi connectivity index (χ4n) is 6.55. The second-order valence-electron chi connectivity index (χ2n) is 12.0. The molecule has 0 bridgehead atoms. The summed E-state index contributed by atoms with van der Waals surface area (Å²) >= 11 is 1.90. The molecule has 2 aromatic rings. The first-order chi connectivity index (χ1) is 20.2. The third kappa shape index (κ3) is 7.19. The molecule has 1 aromatic carbocycles. The van der Waals surface area contributed by atoms with Crippen molar-refractivity contribution in [1.29, 1.82) is 0 Å². The van der Waals surface area contributed by atoms with Crippen molar-refractivity contribution >= 4 is 27.3 Å². The fourth-order valence-corrected chi connectivity index (χ4v) is 9.85. The number of likely N-dealkylation sites (N-methyl/N-ethyl adjacent to an activating group) is 1. The molecule has 1 atom stereocenters. The van der Waals surface area contributed by atoms with Crippen molar-refractivity contribution in [2.45, 2.75) is 70.0 Å². The highest BCUT2D eigenvalue weighted by Gasteiger charge is 2.36. The number of methoxy groups -OCH3 is 1. The number of nitrogens with zero attached hydrogens (tertiary/aromatic N) is 4. The Kier molecular flexibility index (Phi) is 10.3. The van der Waals surface area contributed by atoms with E-state index >= 15 is 0 Å². The third-order valence-electron chi connectivity index (χ3n) is 8.81. The van der Waals surface area contributed by atoms with E-state index in [2.05, 4.69) is 22.9 Å². The molecule has 4 heterocycles. The number of thiophene rings is 1. The van der Waals surface area contributed by atoms with E-state index in [-0.39, 0.29) is 25.2 Å². The van der Waals surface area contributed by atoms with Crippen LogP contribution in [-0.2, 0) is 39.1 Å². The van der Waals surface area contributed by atoms with Gasteiger partial charge in [0.2, 0.25) is 15.9 Å². The number of benzene rings is 1. The number of hydrogen-bond acceptors (Lipinski definition) is 8. The number of hydrogen-bond donors (Lipinski definition) is 0. The zero-order valence-corrected chi connectivity index (χ0v) is 27.2. The van der Waals surface area contributed by atoms with Gasteiger partial charge in [-0.15, -0.1) is 11.3 Å². The molecule has 3 aliphatic rings. The van der Waals surface area contributed by atoms with Crippen LogP contribution >= 0.6 is 11.3 Å². The van der Waals surface area contributed by atoms with Crippen molar-refractivity contribution in [3.8, 4) is 5.75 Å². The lowest BCUT2D eigenvalue weighted by atomic mass is 10.1. The Morgan fingerprint density at radius 1 is 1.00 bits per heavy atom. The van der Waals surface area contributed by atoms with E-state index in [9.17, 15) is 13.2 Å². The summed E-state index contributed by atoms with van der Waals surface area (Å²) in [6, 6.07) is 5.54. The maximum atomic E-state index is 13.8. The first kappa shape index (κ1) is 31.4. The highest BCUT2D eigenvalue weighted by molar-refractivity contribution is 7.89. The number of ether oxygens (including phenoxy) is 2. The average molecular weight is 619 g/mol. The van der Waals surface area contributed by atoms with Gasteiger partial charge in [0, 0.05) is 55.1 Å². The summed E-state index contributed by atoms with van der Waals surface area (Å²) in [4.78, 5) is 23.1. The lowest BCUT2D eigenvalue weighted by Gasteiger charge is -2.35. The molecule has 0 radical (unpaired) electrons. The SMILES string of the molecule is COc1cc(C)c(S(=O)(=O)N2CCCC[C@H]2COCC(=O)N2CCc3sc(CN4CCCN(C)CC4)cc3C2)c(C)c1. The number of sulfonamides is 1. The zero-order valence-electron chi connectivity index (χ0n) is 25.6. The lowest BCUT2D eigenvalue weighted by molar-refractivity contribution is -0.137. The van der Waals surface area contributed by atoms with Gasteiger partial charge < -0.3 is 19.3 Å². The maximum Gasteiger partial charge on any atom is 0.248 e. The Bertz CT molecular complexity index is 1340. The van der Waals surface area contributed by atoms with Crippen LogP contribution < -0.4 is 4.74 Å². The molecular formula is C31H46N4O5S2. The molecule has 0 unspecified atom stereocenters. The van der Waals surface area contributed by atoms with Crippen molar-refractivity contribution in [3.05, 3.63) is 44.6 Å². The molecule has 0 saturated carbocycles. The normalized spacial score (nSPS) is 21.2. The number of aryl methyl sites for hydroxylation is 2. The van der Waals surface area contributed by atoms with Gasteiger partial charge in [0.25, 0.3) is 0 Å². The minimum atomic E-state index is -3.72. The molecule has 1 amide bonds. The molecule has 42 heavy (non-hydrogen) atoms. The van der Waals surface area contributed by atoms with Crippen LogP contribution in [0.3, 0.4) is 0 Å². The Morgan fingerprint density at radius 2 is 1.79 bits per heavy atom. The highest BCUT2D eigenvalue weighted by Crippen LogP contribution is 2.32. The smallest absolute Gasteiger partial charge is 0.248 e. The Morgan fingerprint density at radius 3 is 2.55 bits per heavy atom. The van der Waals surface area contributed by atoms with Crippen LogP contribution in [-0.4, -0.2) is 106 Å². The van der Waals surface area contributed by atoms with E-state index < -0.39 is 10.0 Å². The first-order valence-electron chi connectivity index (χ1n) is 15.2. The van der Waals surface area contributed by atoms with Crippen molar-refractivity contribution in [1.82, 2.24) is 19.0 Å². The Balaban J connectivity index is 1.16. The molecule has 2 fully saturated rings. The Hall–Kier alpha value is -2.02. The number of carbonyl (C=O) groups is 1. The second kappa shape index (κ2) is 13.7. The van der Waals surface area contributed by atoms with Crippen LogP contribution in [0.4, 0.5) is 0 Å². The third-order valence-corrected chi connectivity index (χ3v) is 12.3. The summed E-state index contributed by atoms with van der Waals surface area (Å²) < 4.78 is 40.5. The molecule has 3 aliphatic heterocycles. The quantitative estimate of drug-likeness (QED) is 0.424. The molecular weight excluding hydrogens is 572 g/mol. The van der Waals surface area contributed by atoms with Gasteiger partial charge in [0.15, 0.2) is 0 Å². The van der Waals surface area contributed by atoms with E-state index in [0.717, 1.165) is 58.4 Å². The highest BCUT2D eigenvalue weighted by atomic mass is 32.2. The van der Waals surface area contributed by atoms with E-state index in [1.807, 2.05) is 30.1 Å². The van der Waals surface area contributed by atoms with Gasteiger partial charge >= 0.3 is 0 Å². The number of fused-ring (bicyclic) bond motifs is 1. The summed E-state index contributed by atoms with van der Waals surface area (Å²) in [6.07, 6.45) is 4.56. The molecule has 0 aliphatic carbocycles. The number of rotatable bonds is 9. The first-order valence-corrected chi connectivity index (χ1v) is 17.5. The van der Waals surface area contributed by atoms with Crippen LogP contribution in [0.1, 0.15) is 52.1 Å². The molecule has 11 heteroatoms. The molecule has 2 saturated heterocycles. The van der Waals surface area contributed by atoms with Gasteiger partial charge in [0.1, 0.15) is 12.4 Å². The van der Waals surface area contributed by atoms with Crippen LogP contribution in [0.15, 0.2) is 23.1 Å². The predicted molar refractivity (Wildman–Crippen MR) is 166 cm³/mol. The fraction of sp³-hybridized carbons (Fsp3) is 0.645. The van der Waals surface area contributed by atoms with Gasteiger partial charge in [-0.25, -0.2) is 8.42 Å². The van der Waals surface area contributed by atoms with Crippen LogP contribution in [0, 0.1) is 13.8 Å². The minimum absolute atomic E-state index is 0.0292. The monoisotopic (exact) mass is 618 g/mol. The summed E-state index contributed by atoms with van der Waals surface area (Å²) in [5.74, 6) is 0.617. The molecule has 5 rings (SSSR count). The van der Waals surface area contributed by atoms with E-state index in [1.54, 1.807) is 23.5 Å². The summed E-state index contributed by atoms with van der Waals surface area (Å²) in [5, 5.41) is 0. The Labute approximate surface area is 255 Å². The van der Waals surface area contributed by atoms with E-state index in [4.69, 9.17) is 9.47 Å². The second-order valence-corrected chi connectivity index (χ2v) is 15.1. The van der Waals surface area contributed by atoms with Gasteiger partial charge in [-0.3, -0.25) is 9.69 Å². The standard InChI is InChI=1S/C31H46N4O5S2/c1-23-16-27(39-4)17-24(2)31(23)42(37,38)35-12-6-5-8-26(35)21-40-22-30(36)34-13-9-29-25(19-34)18-28(41-29)20-33-11-7-10-32(3)14-15-33/h16-18,26H,5-15,19-22H2,1-4H3/t26-/m0/s1. The van der Waals surface area contributed by atoms with Crippen LogP contribution in [0.5, 0.6) is 5.75 Å². The molecule has 232 valence electrons. The minimum Gasteiger partial charge on any atom is -0.497 e. The summed E-state index contributed by atoms with van der Waals surface area (Å²) in [7, 11) is 0.0587. The van der Waals surface area contributed by atoms with Gasteiger partial charge in [-0.1, -0.05) is 6.42 Å². The predicted octanol–water partition coefficient (Wildman–Crippen LogP) is 3.66. The number of carbonyl (C=O) groups excluding carboxylic acids is 1. The molecule has 9 nitrogen and oxygen atoms in total. The number of amides is 1. The molecule has 0 spiro atoms. The van der Waals surface area contributed by atoms with E-state index in [1.165, 1.54) is 21.7 Å². The summed E-state index contributed by atoms with van der Waals surface area (Å²) in [5.41, 5.74) is 2.61. The number of piperidine rings is 1. The van der Waals surface area contributed by atoms with Crippen LogP contribution in [0.25, 0.3) is 0 Å². The zero-order chi connectivity index (χ0) is 29.9. The van der Waals surface area contributed by atoms with Gasteiger partial charge in [-0.2, -0.15) is 4.31 Å². The van der Waals surface area contributed by atoms with Gasteiger partial charge in [-0.05, 0) is 94.6 Å². The van der Waals surface area contributed by atoms with Crippen molar-refractivity contribution in [2.24, 2.45) is 0 Å². The van der Waals surface area contributed by atoms with Gasteiger partial charge in [0.05, 0.1) is 18.6 Å². The summed E-state index contributed by atoms with van der Waals surface area (Å²) in [6.45, 7) is 11.1. The lowest BCUT2D eigenvalue weighted by Crippen LogP contribution is -2.47. The van der Waals surface area contributed by atoms with Crippen LogP contribution in [0.2, 0.25) is 0 Å². The van der Waals surface area contributed by atoms with Crippen molar-refractivity contribution in [2.75, 3.05) is 66.6 Å². The molecule has 1 aromatic heterocycles. The largest absolute Gasteiger partial charge is 0.497 e. The van der Waals surface area contributed by atoms with Crippen molar-refractivity contribution < 1.29 is 22.7 Å². The van der Waals surface area contributed by atoms with E-state index in [0.29, 0.717) is 41.4 Å².